The van der Waals surface area contributed by atoms with Gasteiger partial charge < -0.3 is 19.3 Å². The number of carboxylic acid groups (broad SMARTS) is 1. The zero-order valence-corrected chi connectivity index (χ0v) is 20.2. The highest BCUT2D eigenvalue weighted by Gasteiger charge is 2.31. The Kier molecular flexibility index (Phi) is 9.22. The largest absolute Gasteiger partial charge is 0.493 e. The number of aliphatic carboxylic acids is 1. The van der Waals surface area contributed by atoms with Crippen molar-refractivity contribution in [1.82, 2.24) is 0 Å². The molecule has 0 saturated carbocycles. The lowest BCUT2D eigenvalue weighted by atomic mass is 10.0. The summed E-state index contributed by atoms with van der Waals surface area (Å²) in [6.07, 6.45) is -3.10. The van der Waals surface area contributed by atoms with E-state index in [4.69, 9.17) is 19.3 Å². The van der Waals surface area contributed by atoms with E-state index in [0.29, 0.717) is 30.9 Å². The van der Waals surface area contributed by atoms with Crippen LogP contribution in [0.15, 0.2) is 66.7 Å². The SMILES string of the molecule is CCc1cc(OCCC(C)Oc2ccc(C(F)(F)F)cc2Oc2ccccc2)ccc1CCC(=O)O. The van der Waals surface area contributed by atoms with Crippen LogP contribution >= 0.6 is 0 Å². The fraction of sp³-hybridized carbons (Fsp3) is 0.321. The van der Waals surface area contributed by atoms with Gasteiger partial charge in [-0.15, -0.1) is 0 Å². The van der Waals surface area contributed by atoms with E-state index in [1.807, 2.05) is 25.1 Å². The summed E-state index contributed by atoms with van der Waals surface area (Å²) in [6.45, 7) is 4.13. The molecule has 192 valence electrons. The molecular weight excluding hydrogens is 473 g/mol. The third kappa shape index (κ3) is 7.93. The number of para-hydroxylation sites is 1. The Morgan fingerprint density at radius 3 is 2.36 bits per heavy atom. The smallest absolute Gasteiger partial charge is 0.416 e. The number of hydrogen-bond donors (Lipinski definition) is 1. The molecule has 1 unspecified atom stereocenters. The summed E-state index contributed by atoms with van der Waals surface area (Å²) in [5.74, 6) is 0.414. The van der Waals surface area contributed by atoms with Crippen molar-refractivity contribution in [2.75, 3.05) is 6.61 Å². The van der Waals surface area contributed by atoms with Gasteiger partial charge in [0.15, 0.2) is 11.5 Å². The topological polar surface area (TPSA) is 65.0 Å². The Labute approximate surface area is 208 Å². The lowest BCUT2D eigenvalue weighted by molar-refractivity contribution is -0.138. The van der Waals surface area contributed by atoms with E-state index in [2.05, 4.69) is 0 Å². The van der Waals surface area contributed by atoms with Gasteiger partial charge in [-0.1, -0.05) is 31.2 Å². The fourth-order valence-electron chi connectivity index (χ4n) is 3.60. The lowest BCUT2D eigenvalue weighted by Crippen LogP contribution is -2.16. The number of rotatable bonds is 12. The Morgan fingerprint density at radius 2 is 1.69 bits per heavy atom. The number of halogens is 3. The first-order chi connectivity index (χ1) is 17.2. The van der Waals surface area contributed by atoms with Crippen molar-refractivity contribution >= 4 is 5.97 Å². The first-order valence-corrected chi connectivity index (χ1v) is 11.7. The second-order valence-electron chi connectivity index (χ2n) is 8.32. The van der Waals surface area contributed by atoms with Crippen LogP contribution in [-0.2, 0) is 23.8 Å². The summed E-state index contributed by atoms with van der Waals surface area (Å²) in [7, 11) is 0. The minimum Gasteiger partial charge on any atom is -0.493 e. The molecule has 3 aromatic rings. The predicted octanol–water partition coefficient (Wildman–Crippen LogP) is 7.31. The van der Waals surface area contributed by atoms with Gasteiger partial charge in [0, 0.05) is 12.8 Å². The fourth-order valence-corrected chi connectivity index (χ4v) is 3.60. The minimum absolute atomic E-state index is 0.0201. The van der Waals surface area contributed by atoms with E-state index in [1.165, 1.54) is 6.07 Å². The van der Waals surface area contributed by atoms with Crippen molar-refractivity contribution in [1.29, 1.82) is 0 Å². The first-order valence-electron chi connectivity index (χ1n) is 11.7. The van der Waals surface area contributed by atoms with Crippen LogP contribution in [0.2, 0.25) is 0 Å². The van der Waals surface area contributed by atoms with E-state index < -0.39 is 17.7 Å². The summed E-state index contributed by atoms with van der Waals surface area (Å²) >= 11 is 0. The van der Waals surface area contributed by atoms with E-state index in [0.717, 1.165) is 29.7 Å². The summed E-state index contributed by atoms with van der Waals surface area (Å²) < 4.78 is 57.2. The molecule has 0 aliphatic rings. The summed E-state index contributed by atoms with van der Waals surface area (Å²) in [5.41, 5.74) is 1.19. The number of hydrogen-bond acceptors (Lipinski definition) is 4. The maximum absolute atomic E-state index is 13.2. The molecule has 3 aromatic carbocycles. The number of ether oxygens (including phenoxy) is 3. The van der Waals surface area contributed by atoms with Crippen molar-refractivity contribution in [2.24, 2.45) is 0 Å². The third-order valence-corrected chi connectivity index (χ3v) is 5.53. The quantitative estimate of drug-likeness (QED) is 0.281. The Morgan fingerprint density at radius 1 is 0.944 bits per heavy atom. The van der Waals surface area contributed by atoms with Gasteiger partial charge in [0.1, 0.15) is 11.5 Å². The van der Waals surface area contributed by atoms with E-state index in [-0.39, 0.29) is 24.0 Å². The molecule has 1 atom stereocenters. The number of carboxylic acids is 1. The molecule has 36 heavy (non-hydrogen) atoms. The molecule has 0 aromatic heterocycles. The van der Waals surface area contributed by atoms with Crippen LogP contribution in [0.1, 0.15) is 43.4 Å². The molecule has 0 radical (unpaired) electrons. The summed E-state index contributed by atoms with van der Waals surface area (Å²) in [6, 6.07) is 17.3. The zero-order chi connectivity index (χ0) is 26.1. The first kappa shape index (κ1) is 26.9. The van der Waals surface area contributed by atoms with Gasteiger partial charge in [-0.3, -0.25) is 4.79 Å². The molecule has 0 aliphatic carbocycles. The normalized spacial score (nSPS) is 12.1. The molecular formula is C28H29F3O5. The average molecular weight is 503 g/mol. The van der Waals surface area contributed by atoms with Gasteiger partial charge in [-0.05, 0) is 73.4 Å². The second kappa shape index (κ2) is 12.3. The maximum Gasteiger partial charge on any atom is 0.416 e. The number of carbonyl (C=O) groups is 1. The van der Waals surface area contributed by atoms with E-state index in [1.54, 1.807) is 37.3 Å². The van der Waals surface area contributed by atoms with Gasteiger partial charge >= 0.3 is 12.1 Å². The molecule has 0 saturated heterocycles. The summed E-state index contributed by atoms with van der Waals surface area (Å²) in [4.78, 5) is 10.9. The molecule has 0 bridgehead atoms. The van der Waals surface area contributed by atoms with Crippen LogP contribution < -0.4 is 14.2 Å². The zero-order valence-electron chi connectivity index (χ0n) is 20.2. The number of benzene rings is 3. The molecule has 0 aliphatic heterocycles. The van der Waals surface area contributed by atoms with Gasteiger partial charge in [0.05, 0.1) is 18.3 Å². The van der Waals surface area contributed by atoms with Crippen LogP contribution in [0.3, 0.4) is 0 Å². The van der Waals surface area contributed by atoms with Crippen molar-refractivity contribution < 1.29 is 37.3 Å². The molecule has 3 rings (SSSR count). The van der Waals surface area contributed by atoms with Gasteiger partial charge in [-0.25, -0.2) is 0 Å². The van der Waals surface area contributed by atoms with Crippen LogP contribution in [0.25, 0.3) is 0 Å². The second-order valence-corrected chi connectivity index (χ2v) is 8.32. The van der Waals surface area contributed by atoms with Gasteiger partial charge in [0.2, 0.25) is 0 Å². The molecule has 0 amide bonds. The lowest BCUT2D eigenvalue weighted by Gasteiger charge is -2.19. The van der Waals surface area contributed by atoms with Crippen LogP contribution in [-0.4, -0.2) is 23.8 Å². The van der Waals surface area contributed by atoms with Crippen LogP contribution in [0.4, 0.5) is 13.2 Å². The van der Waals surface area contributed by atoms with Crippen molar-refractivity contribution in [3.05, 3.63) is 83.4 Å². The van der Waals surface area contributed by atoms with Crippen molar-refractivity contribution in [3.8, 4) is 23.0 Å². The average Bonchev–Trinajstić information content (AvgIpc) is 2.84. The molecule has 1 N–H and O–H groups in total. The number of alkyl halides is 3. The standard InChI is InChI=1S/C28H29F3O5/c1-3-20-17-24(12-9-21(20)10-14-27(32)33)34-16-15-19(2)35-25-13-11-22(28(29,30)31)18-26(25)36-23-7-5-4-6-8-23/h4-9,11-13,17-19H,3,10,14-16H2,1-2H3,(H,32,33). The van der Waals surface area contributed by atoms with Crippen molar-refractivity contribution in [2.45, 2.75) is 51.8 Å². The third-order valence-electron chi connectivity index (χ3n) is 5.53. The Bertz CT molecular complexity index is 1150. The molecule has 0 fully saturated rings. The predicted molar refractivity (Wildman–Crippen MR) is 130 cm³/mol. The molecule has 0 heterocycles. The van der Waals surface area contributed by atoms with Crippen molar-refractivity contribution in [3.63, 3.8) is 0 Å². The highest BCUT2D eigenvalue weighted by Crippen LogP contribution is 2.38. The van der Waals surface area contributed by atoms with Crippen LogP contribution in [0, 0.1) is 0 Å². The maximum atomic E-state index is 13.2. The van der Waals surface area contributed by atoms with E-state index >= 15 is 0 Å². The highest BCUT2D eigenvalue weighted by atomic mass is 19.4. The Balaban J connectivity index is 1.63. The van der Waals surface area contributed by atoms with E-state index in [9.17, 15) is 18.0 Å². The van der Waals surface area contributed by atoms with Gasteiger partial charge in [0.25, 0.3) is 0 Å². The minimum atomic E-state index is -4.51. The highest BCUT2D eigenvalue weighted by molar-refractivity contribution is 5.67. The monoisotopic (exact) mass is 502 g/mol. The van der Waals surface area contributed by atoms with Crippen LogP contribution in [0.5, 0.6) is 23.0 Å². The summed E-state index contributed by atoms with van der Waals surface area (Å²) in [5, 5.41) is 8.91. The molecule has 5 nitrogen and oxygen atoms in total. The molecule has 0 spiro atoms. The molecule has 8 heteroatoms. The van der Waals surface area contributed by atoms with Gasteiger partial charge in [-0.2, -0.15) is 13.2 Å². The Hall–Kier alpha value is -3.68. The number of aryl methyl sites for hydroxylation is 2.